The van der Waals surface area contributed by atoms with Gasteiger partial charge in [0.25, 0.3) is 0 Å². The van der Waals surface area contributed by atoms with Gasteiger partial charge in [0.05, 0.1) is 39.8 Å². The Morgan fingerprint density at radius 3 is 1.95 bits per heavy atom. The molecule has 4 N–H and O–H groups in total. The van der Waals surface area contributed by atoms with E-state index in [2.05, 4.69) is 6.58 Å². The molecule has 0 aromatic heterocycles. The summed E-state index contributed by atoms with van der Waals surface area (Å²) in [6.07, 6.45) is -0.520. The van der Waals surface area contributed by atoms with Gasteiger partial charge < -0.3 is 24.5 Å². The minimum atomic E-state index is -4.47. The molecule has 0 aromatic carbocycles. The number of carboxylic acids is 2. The van der Waals surface area contributed by atoms with Gasteiger partial charge in [0.1, 0.15) is 0 Å². The fourth-order valence-corrected chi connectivity index (χ4v) is 2.99. The highest BCUT2D eigenvalue weighted by atomic mass is 31.2. The van der Waals surface area contributed by atoms with Crippen LogP contribution in [0.5, 0.6) is 0 Å². The minimum absolute atomic E-state index is 0.165. The molecule has 0 aliphatic heterocycles. The SMILES string of the molecule is C=C(C(=O)O)C(C(=O)O)C(CC[N+](C)(C)C)CP(=O)(O)O. The second kappa shape index (κ2) is 7.17. The molecular weight excluding hydrogens is 301 g/mol. The van der Waals surface area contributed by atoms with Crippen molar-refractivity contribution in [2.24, 2.45) is 11.8 Å². The Bertz CT molecular complexity index is 463. The largest absolute Gasteiger partial charge is 0.481 e. The van der Waals surface area contributed by atoms with E-state index < -0.39 is 43.1 Å². The molecule has 0 aliphatic rings. The summed E-state index contributed by atoms with van der Waals surface area (Å²) in [5.74, 6) is -5.45. The summed E-state index contributed by atoms with van der Waals surface area (Å²) in [6.45, 7) is 3.68. The highest BCUT2D eigenvalue weighted by Crippen LogP contribution is 2.41. The standard InChI is InChI=1S/C12H22NO7P/c1-8(11(14)15)10(12(16)17)9(7-21(18,19)20)5-6-13(2,3)4/h9-10H,1,5-7H2,2-4H3,(H3-,14,15,16,17,18,19,20)/p+1. The number of nitrogens with zero attached hydrogens (tertiary/aromatic N) is 1. The number of carbonyl (C=O) groups is 2. The van der Waals surface area contributed by atoms with Gasteiger partial charge in [-0.3, -0.25) is 9.36 Å². The van der Waals surface area contributed by atoms with Crippen LogP contribution in [-0.4, -0.2) is 70.3 Å². The second-order valence-corrected chi connectivity index (χ2v) is 7.75. The number of hydrogen-bond donors (Lipinski definition) is 4. The van der Waals surface area contributed by atoms with E-state index in [0.29, 0.717) is 11.0 Å². The molecule has 0 amide bonds. The molecule has 0 bridgehead atoms. The van der Waals surface area contributed by atoms with Crippen LogP contribution < -0.4 is 0 Å². The average Bonchev–Trinajstić information content (AvgIpc) is 2.22. The number of aliphatic carboxylic acids is 2. The van der Waals surface area contributed by atoms with E-state index in [1.165, 1.54) is 0 Å². The van der Waals surface area contributed by atoms with E-state index >= 15 is 0 Å². The number of quaternary nitrogens is 1. The zero-order chi connectivity index (χ0) is 17.0. The summed E-state index contributed by atoms with van der Waals surface area (Å²) >= 11 is 0. The molecule has 0 fully saturated rings. The average molecular weight is 324 g/mol. The molecule has 122 valence electrons. The highest BCUT2D eigenvalue weighted by Gasteiger charge is 2.38. The lowest BCUT2D eigenvalue weighted by Gasteiger charge is -2.29. The van der Waals surface area contributed by atoms with Crippen molar-refractivity contribution in [2.75, 3.05) is 33.8 Å². The zero-order valence-corrected chi connectivity index (χ0v) is 13.3. The molecule has 0 spiro atoms. The van der Waals surface area contributed by atoms with Gasteiger partial charge in [0.15, 0.2) is 0 Å². The second-order valence-electron chi connectivity index (χ2n) is 6.06. The van der Waals surface area contributed by atoms with Gasteiger partial charge in [0, 0.05) is 12.0 Å². The normalized spacial score (nSPS) is 15.3. The third-order valence-electron chi connectivity index (χ3n) is 3.03. The van der Waals surface area contributed by atoms with Gasteiger partial charge in [-0.2, -0.15) is 0 Å². The van der Waals surface area contributed by atoms with E-state index in [-0.39, 0.29) is 6.42 Å². The first-order valence-corrected chi connectivity index (χ1v) is 8.04. The van der Waals surface area contributed by atoms with Crippen molar-refractivity contribution in [3.8, 4) is 0 Å². The van der Waals surface area contributed by atoms with E-state index in [1.54, 1.807) is 0 Å². The van der Waals surface area contributed by atoms with Crippen LogP contribution >= 0.6 is 7.60 Å². The molecule has 0 aliphatic carbocycles. The Labute approximate surface area is 123 Å². The Morgan fingerprint density at radius 1 is 1.19 bits per heavy atom. The lowest BCUT2D eigenvalue weighted by atomic mass is 9.85. The maximum absolute atomic E-state index is 11.3. The van der Waals surface area contributed by atoms with Gasteiger partial charge >= 0.3 is 19.5 Å². The van der Waals surface area contributed by atoms with Gasteiger partial charge in [-0.15, -0.1) is 0 Å². The van der Waals surface area contributed by atoms with Crippen molar-refractivity contribution >= 4 is 19.5 Å². The molecule has 2 unspecified atom stereocenters. The molecule has 0 rings (SSSR count). The first kappa shape index (κ1) is 19.8. The third kappa shape index (κ3) is 7.96. The van der Waals surface area contributed by atoms with Crippen molar-refractivity contribution in [1.82, 2.24) is 0 Å². The third-order valence-corrected chi connectivity index (χ3v) is 3.98. The van der Waals surface area contributed by atoms with Crippen LogP contribution in [0.25, 0.3) is 0 Å². The van der Waals surface area contributed by atoms with Crippen molar-refractivity contribution in [2.45, 2.75) is 6.42 Å². The minimum Gasteiger partial charge on any atom is -0.481 e. The highest BCUT2D eigenvalue weighted by molar-refractivity contribution is 7.51. The van der Waals surface area contributed by atoms with Crippen molar-refractivity contribution < 1.29 is 38.6 Å². The van der Waals surface area contributed by atoms with Gasteiger partial charge in [-0.25, -0.2) is 4.79 Å². The molecule has 2 atom stereocenters. The Balaban J connectivity index is 5.39. The molecule has 8 nitrogen and oxygen atoms in total. The quantitative estimate of drug-likeness (QED) is 0.271. The molecular formula is C12H23NO7P+. The predicted octanol–water partition coefficient (Wildman–Crippen LogP) is 0.218. The lowest BCUT2D eigenvalue weighted by Crippen LogP contribution is -2.39. The van der Waals surface area contributed by atoms with Crippen LogP contribution in [-0.2, 0) is 14.2 Å². The van der Waals surface area contributed by atoms with Crippen molar-refractivity contribution in [3.05, 3.63) is 12.2 Å². The van der Waals surface area contributed by atoms with E-state index in [4.69, 9.17) is 14.9 Å². The van der Waals surface area contributed by atoms with E-state index in [1.807, 2.05) is 21.1 Å². The Morgan fingerprint density at radius 2 is 1.67 bits per heavy atom. The van der Waals surface area contributed by atoms with Crippen LogP contribution in [0, 0.1) is 11.8 Å². The number of carboxylic acid groups (broad SMARTS) is 2. The molecule has 0 heterocycles. The predicted molar refractivity (Wildman–Crippen MR) is 75.8 cm³/mol. The van der Waals surface area contributed by atoms with Crippen molar-refractivity contribution in [3.63, 3.8) is 0 Å². The maximum atomic E-state index is 11.3. The molecule has 0 radical (unpaired) electrons. The summed E-state index contributed by atoms with van der Waals surface area (Å²) in [6, 6.07) is 0. The molecule has 0 saturated heterocycles. The van der Waals surface area contributed by atoms with Crippen LogP contribution in [0.15, 0.2) is 12.2 Å². The zero-order valence-electron chi connectivity index (χ0n) is 12.4. The van der Waals surface area contributed by atoms with Gasteiger partial charge in [-0.1, -0.05) is 6.58 Å². The summed E-state index contributed by atoms with van der Waals surface area (Å²) in [4.78, 5) is 40.5. The topological polar surface area (TPSA) is 132 Å². The van der Waals surface area contributed by atoms with Crippen molar-refractivity contribution in [1.29, 1.82) is 0 Å². The summed E-state index contributed by atoms with van der Waals surface area (Å²) in [5, 5.41) is 18.1. The monoisotopic (exact) mass is 324 g/mol. The first-order chi connectivity index (χ1) is 9.24. The molecule has 21 heavy (non-hydrogen) atoms. The summed E-state index contributed by atoms with van der Waals surface area (Å²) < 4.78 is 11.7. The molecule has 9 heteroatoms. The Kier molecular flexibility index (Phi) is 6.76. The van der Waals surface area contributed by atoms with E-state index in [0.717, 1.165) is 0 Å². The van der Waals surface area contributed by atoms with Gasteiger partial charge in [-0.05, 0) is 5.92 Å². The fraction of sp³-hybridized carbons (Fsp3) is 0.667. The summed E-state index contributed by atoms with van der Waals surface area (Å²) in [7, 11) is 1.06. The smallest absolute Gasteiger partial charge is 0.331 e. The number of rotatable bonds is 9. The molecule has 0 aromatic rings. The first-order valence-electron chi connectivity index (χ1n) is 6.24. The number of hydrogen-bond acceptors (Lipinski definition) is 3. The van der Waals surface area contributed by atoms with Gasteiger partial charge in [0.2, 0.25) is 0 Å². The fourth-order valence-electron chi connectivity index (χ4n) is 1.99. The van der Waals surface area contributed by atoms with Crippen LogP contribution in [0.1, 0.15) is 6.42 Å². The maximum Gasteiger partial charge on any atom is 0.331 e. The van der Waals surface area contributed by atoms with Crippen LogP contribution in [0.3, 0.4) is 0 Å². The Hall–Kier alpha value is -1.21. The molecule has 0 saturated carbocycles. The van der Waals surface area contributed by atoms with Crippen LogP contribution in [0.2, 0.25) is 0 Å². The lowest BCUT2D eigenvalue weighted by molar-refractivity contribution is -0.870. The summed E-state index contributed by atoms with van der Waals surface area (Å²) in [5.41, 5.74) is -0.567. The van der Waals surface area contributed by atoms with Crippen LogP contribution in [0.4, 0.5) is 0 Å². The van der Waals surface area contributed by atoms with E-state index in [9.17, 15) is 19.3 Å².